The van der Waals surface area contributed by atoms with Crippen molar-refractivity contribution in [1.82, 2.24) is 15.1 Å². The summed E-state index contributed by atoms with van der Waals surface area (Å²) in [6.45, 7) is 14.0. The maximum absolute atomic E-state index is 6.58. The lowest BCUT2D eigenvalue weighted by atomic mass is 9.88. The minimum atomic E-state index is 0.123. The molecule has 3 heterocycles. The van der Waals surface area contributed by atoms with E-state index in [2.05, 4.69) is 42.0 Å². The van der Waals surface area contributed by atoms with Crippen molar-refractivity contribution >= 4 is 0 Å². The maximum Gasteiger partial charge on any atom is 0.0671 e. The average molecular weight is 308 g/mol. The van der Waals surface area contributed by atoms with E-state index in [-0.39, 0.29) is 11.6 Å². The van der Waals surface area contributed by atoms with E-state index in [1.807, 2.05) is 0 Å². The first-order chi connectivity index (χ1) is 10.5. The average Bonchev–Trinajstić information content (AvgIpc) is 2.52. The predicted molar refractivity (Wildman–Crippen MR) is 89.7 cm³/mol. The molecule has 2 fully saturated rings. The van der Waals surface area contributed by atoms with Gasteiger partial charge in [-0.3, -0.25) is 4.90 Å². The molecule has 5 heteroatoms. The molecule has 0 aromatic heterocycles. The summed E-state index contributed by atoms with van der Waals surface area (Å²) >= 11 is 0. The van der Waals surface area contributed by atoms with Crippen LogP contribution in [0.5, 0.6) is 0 Å². The second kappa shape index (κ2) is 6.48. The zero-order valence-electron chi connectivity index (χ0n) is 14.3. The molecule has 3 atom stereocenters. The molecular weight excluding hydrogens is 276 g/mol. The first-order valence-electron chi connectivity index (χ1n) is 8.82. The Morgan fingerprint density at radius 3 is 2.59 bits per heavy atom. The molecule has 0 saturated carbocycles. The van der Waals surface area contributed by atoms with Crippen LogP contribution in [0.3, 0.4) is 0 Å². The summed E-state index contributed by atoms with van der Waals surface area (Å²) < 4.78 is 5.41. The lowest BCUT2D eigenvalue weighted by molar-refractivity contribution is -0.138. The van der Waals surface area contributed by atoms with Crippen LogP contribution in [0.1, 0.15) is 27.2 Å². The summed E-state index contributed by atoms with van der Waals surface area (Å²) in [6, 6.07) is 0.526. The number of nitrogens with one attached hydrogen (secondary N) is 1. The first-order valence-corrected chi connectivity index (χ1v) is 8.82. The largest absolute Gasteiger partial charge is 0.377 e. The molecule has 0 spiro atoms. The van der Waals surface area contributed by atoms with E-state index >= 15 is 0 Å². The molecule has 5 nitrogen and oxygen atoms in total. The molecule has 3 N–H and O–H groups in total. The molecule has 0 aliphatic carbocycles. The fourth-order valence-corrected chi connectivity index (χ4v) is 3.98. The number of nitrogens with two attached hydrogens (primary N) is 1. The number of hydrogen-bond acceptors (Lipinski definition) is 5. The Bertz CT molecular complexity index is 413. The Balaban J connectivity index is 1.59. The van der Waals surface area contributed by atoms with Gasteiger partial charge < -0.3 is 20.7 Å². The highest BCUT2D eigenvalue weighted by Crippen LogP contribution is 2.28. The third kappa shape index (κ3) is 2.92. The lowest BCUT2D eigenvalue weighted by Gasteiger charge is -2.51. The fourth-order valence-electron chi connectivity index (χ4n) is 3.98. The quantitative estimate of drug-likeness (QED) is 0.797. The van der Waals surface area contributed by atoms with Gasteiger partial charge in [0.25, 0.3) is 0 Å². The molecule has 22 heavy (non-hydrogen) atoms. The van der Waals surface area contributed by atoms with E-state index in [1.165, 1.54) is 12.1 Å². The summed E-state index contributed by atoms with van der Waals surface area (Å²) in [4.78, 5) is 5.10. The van der Waals surface area contributed by atoms with Crippen molar-refractivity contribution in [3.05, 3.63) is 11.8 Å². The summed E-state index contributed by atoms with van der Waals surface area (Å²) in [6.07, 6.45) is 3.47. The van der Waals surface area contributed by atoms with Crippen molar-refractivity contribution in [1.29, 1.82) is 0 Å². The Hall–Kier alpha value is -0.620. The number of nitrogens with zero attached hydrogens (tertiary/aromatic N) is 2. The van der Waals surface area contributed by atoms with E-state index in [4.69, 9.17) is 10.5 Å². The first kappa shape index (κ1) is 16.2. The maximum atomic E-state index is 6.58. The highest BCUT2D eigenvalue weighted by molar-refractivity contribution is 5.18. The Labute approximate surface area is 134 Å². The van der Waals surface area contributed by atoms with Gasteiger partial charge >= 0.3 is 0 Å². The van der Waals surface area contributed by atoms with E-state index in [0.29, 0.717) is 12.0 Å². The second-order valence-electron chi connectivity index (χ2n) is 7.44. The SMILES string of the molecule is CCC(C)C1NCC=C(N2CCN(C3(C)COC3)CC2)C1N. The van der Waals surface area contributed by atoms with Gasteiger partial charge in [0.1, 0.15) is 0 Å². The summed E-state index contributed by atoms with van der Waals surface area (Å²) in [5.41, 5.74) is 8.22. The van der Waals surface area contributed by atoms with Crippen molar-refractivity contribution in [2.75, 3.05) is 45.9 Å². The minimum Gasteiger partial charge on any atom is -0.377 e. The number of ether oxygens (including phenoxy) is 1. The van der Waals surface area contributed by atoms with Crippen LogP contribution in [-0.2, 0) is 4.74 Å². The minimum absolute atomic E-state index is 0.123. The molecule has 0 amide bonds. The summed E-state index contributed by atoms with van der Waals surface area (Å²) in [7, 11) is 0. The molecule has 3 aliphatic rings. The Morgan fingerprint density at radius 2 is 2.05 bits per heavy atom. The monoisotopic (exact) mass is 308 g/mol. The normalized spacial score (nSPS) is 34.0. The summed E-state index contributed by atoms with van der Waals surface area (Å²) in [5, 5.41) is 3.58. The van der Waals surface area contributed by atoms with Gasteiger partial charge in [-0.05, 0) is 18.9 Å². The van der Waals surface area contributed by atoms with Crippen LogP contribution in [0.15, 0.2) is 11.8 Å². The van der Waals surface area contributed by atoms with Gasteiger partial charge in [0.05, 0.1) is 24.8 Å². The molecule has 3 rings (SSSR count). The van der Waals surface area contributed by atoms with Crippen LogP contribution in [0, 0.1) is 5.92 Å². The van der Waals surface area contributed by atoms with Crippen LogP contribution < -0.4 is 11.1 Å². The van der Waals surface area contributed by atoms with E-state index in [1.54, 1.807) is 0 Å². The smallest absolute Gasteiger partial charge is 0.0671 e. The van der Waals surface area contributed by atoms with E-state index < -0.39 is 0 Å². The van der Waals surface area contributed by atoms with Gasteiger partial charge in [-0.15, -0.1) is 0 Å². The molecule has 0 radical (unpaired) electrons. The van der Waals surface area contributed by atoms with Crippen molar-refractivity contribution in [2.45, 2.75) is 44.8 Å². The highest BCUT2D eigenvalue weighted by Gasteiger charge is 2.41. The van der Waals surface area contributed by atoms with Crippen molar-refractivity contribution in [2.24, 2.45) is 11.7 Å². The standard InChI is InChI=1S/C17H32N4O/c1-4-13(2)16-15(18)14(5-6-19-16)20-7-9-21(10-8-20)17(3)11-22-12-17/h5,13,15-16,19H,4,6-12,18H2,1-3H3. The Kier molecular flexibility index (Phi) is 4.78. The van der Waals surface area contributed by atoms with E-state index in [0.717, 1.165) is 45.9 Å². The van der Waals surface area contributed by atoms with Gasteiger partial charge in [0, 0.05) is 44.5 Å². The second-order valence-corrected chi connectivity index (χ2v) is 7.44. The van der Waals surface area contributed by atoms with Crippen molar-refractivity contribution < 1.29 is 4.74 Å². The molecule has 126 valence electrons. The highest BCUT2D eigenvalue weighted by atomic mass is 16.5. The van der Waals surface area contributed by atoms with Gasteiger partial charge in [-0.1, -0.05) is 20.3 Å². The third-order valence-electron chi connectivity index (χ3n) is 5.88. The van der Waals surface area contributed by atoms with E-state index in [9.17, 15) is 0 Å². The topological polar surface area (TPSA) is 53.8 Å². The molecular formula is C17H32N4O. The van der Waals surface area contributed by atoms with Gasteiger partial charge in [-0.25, -0.2) is 0 Å². The fraction of sp³-hybridized carbons (Fsp3) is 0.882. The predicted octanol–water partition coefficient (Wildman–Crippen LogP) is 0.622. The molecule has 0 aromatic carbocycles. The third-order valence-corrected chi connectivity index (χ3v) is 5.88. The Morgan fingerprint density at radius 1 is 1.36 bits per heavy atom. The molecule has 0 bridgehead atoms. The molecule has 0 aromatic rings. The lowest BCUT2D eigenvalue weighted by Crippen LogP contribution is -2.65. The number of rotatable bonds is 4. The molecule has 3 unspecified atom stereocenters. The van der Waals surface area contributed by atoms with Crippen LogP contribution in [0.2, 0.25) is 0 Å². The van der Waals surface area contributed by atoms with Crippen LogP contribution in [0.4, 0.5) is 0 Å². The zero-order valence-corrected chi connectivity index (χ0v) is 14.3. The van der Waals surface area contributed by atoms with Crippen LogP contribution in [-0.4, -0.2) is 73.4 Å². The van der Waals surface area contributed by atoms with Crippen molar-refractivity contribution in [3.8, 4) is 0 Å². The molecule has 2 saturated heterocycles. The molecule has 3 aliphatic heterocycles. The zero-order chi connectivity index (χ0) is 15.7. The van der Waals surface area contributed by atoms with Crippen LogP contribution >= 0.6 is 0 Å². The number of piperazine rings is 1. The number of hydrogen-bond donors (Lipinski definition) is 2. The van der Waals surface area contributed by atoms with Gasteiger partial charge in [0.15, 0.2) is 0 Å². The van der Waals surface area contributed by atoms with Crippen molar-refractivity contribution in [3.63, 3.8) is 0 Å². The van der Waals surface area contributed by atoms with Gasteiger partial charge in [-0.2, -0.15) is 0 Å². The van der Waals surface area contributed by atoms with Gasteiger partial charge in [0.2, 0.25) is 0 Å². The summed E-state index contributed by atoms with van der Waals surface area (Å²) in [5.74, 6) is 0.617. The van der Waals surface area contributed by atoms with Crippen LogP contribution in [0.25, 0.3) is 0 Å².